The monoisotopic (exact) mass is 327 g/mol. The van der Waals surface area contributed by atoms with Gasteiger partial charge in [0.15, 0.2) is 0 Å². The summed E-state index contributed by atoms with van der Waals surface area (Å²) in [6, 6.07) is -0.537. The van der Waals surface area contributed by atoms with Gasteiger partial charge in [-0.1, -0.05) is 26.7 Å². The van der Waals surface area contributed by atoms with Crippen LogP contribution in [0.4, 0.5) is 4.79 Å². The highest BCUT2D eigenvalue weighted by Gasteiger charge is 2.48. The highest BCUT2D eigenvalue weighted by atomic mass is 16.5. The van der Waals surface area contributed by atoms with Crippen LogP contribution in [0.2, 0.25) is 0 Å². The molecule has 132 valence electrons. The van der Waals surface area contributed by atoms with Gasteiger partial charge in [0, 0.05) is 13.2 Å². The third kappa shape index (κ3) is 5.49. The van der Waals surface area contributed by atoms with Gasteiger partial charge in [-0.15, -0.1) is 0 Å². The molecule has 0 aliphatic carbocycles. The second-order valence-electron chi connectivity index (χ2n) is 6.88. The molecular weight excluding hydrogens is 298 g/mol. The molecule has 1 rings (SSSR count). The zero-order chi connectivity index (χ0) is 17.6. The van der Waals surface area contributed by atoms with Gasteiger partial charge in [0.1, 0.15) is 12.1 Å². The van der Waals surface area contributed by atoms with Crippen LogP contribution in [0.1, 0.15) is 47.0 Å². The van der Waals surface area contributed by atoms with Crippen molar-refractivity contribution < 1.29 is 19.1 Å². The number of hydrogen-bond acceptors (Lipinski definition) is 4. The van der Waals surface area contributed by atoms with Crippen LogP contribution in [0.15, 0.2) is 0 Å². The van der Waals surface area contributed by atoms with Gasteiger partial charge in [0.05, 0.1) is 6.61 Å². The van der Waals surface area contributed by atoms with E-state index in [9.17, 15) is 14.4 Å². The van der Waals surface area contributed by atoms with Crippen LogP contribution in [0, 0.1) is 5.92 Å². The maximum atomic E-state index is 12.3. The first kappa shape index (κ1) is 19.4. The highest BCUT2D eigenvalue weighted by molar-refractivity contribution is 6.08. The number of carbonyl (C=O) groups excluding carboxylic acids is 3. The summed E-state index contributed by atoms with van der Waals surface area (Å²) in [5.41, 5.74) is -1.10. The first-order chi connectivity index (χ1) is 10.7. The molecule has 0 saturated carbocycles. The lowest BCUT2D eigenvalue weighted by Crippen LogP contribution is -2.48. The van der Waals surface area contributed by atoms with E-state index in [4.69, 9.17) is 4.74 Å². The average molecular weight is 327 g/mol. The second-order valence-corrected chi connectivity index (χ2v) is 6.88. The molecule has 0 aromatic heterocycles. The lowest BCUT2D eigenvalue weighted by molar-refractivity contribution is -0.136. The third-order valence-corrected chi connectivity index (χ3v) is 3.91. The number of hydrogen-bond donors (Lipinski definition) is 2. The number of imide groups is 1. The molecular formula is C16H29N3O4. The lowest BCUT2D eigenvalue weighted by Gasteiger charge is -2.20. The Bertz CT molecular complexity index is 453. The zero-order valence-electron chi connectivity index (χ0n) is 14.8. The summed E-state index contributed by atoms with van der Waals surface area (Å²) in [6.45, 7) is 7.65. The topological polar surface area (TPSA) is 87.7 Å². The van der Waals surface area contributed by atoms with E-state index in [1.165, 1.54) is 7.11 Å². The maximum absolute atomic E-state index is 12.3. The minimum absolute atomic E-state index is 0.0207. The van der Waals surface area contributed by atoms with Crippen molar-refractivity contribution in [3.8, 4) is 0 Å². The molecule has 7 nitrogen and oxygen atoms in total. The minimum Gasteiger partial charge on any atom is -0.382 e. The molecule has 0 unspecified atom stereocenters. The van der Waals surface area contributed by atoms with Crippen molar-refractivity contribution in [2.75, 3.05) is 20.3 Å². The molecule has 0 spiro atoms. The molecule has 0 aromatic carbocycles. The number of amides is 4. The van der Waals surface area contributed by atoms with Gasteiger partial charge in [0.25, 0.3) is 5.91 Å². The Balaban J connectivity index is 2.48. The molecule has 2 N–H and O–H groups in total. The smallest absolute Gasteiger partial charge is 0.325 e. The van der Waals surface area contributed by atoms with E-state index in [0.717, 1.165) is 24.2 Å². The van der Waals surface area contributed by atoms with Crippen LogP contribution in [0.5, 0.6) is 0 Å². The van der Waals surface area contributed by atoms with E-state index in [1.807, 2.05) is 6.92 Å². The predicted octanol–water partition coefficient (Wildman–Crippen LogP) is 1.27. The molecule has 1 fully saturated rings. The number of methoxy groups -OCH3 is 1. The number of nitrogens with one attached hydrogen (secondary N) is 2. The van der Waals surface area contributed by atoms with Crippen molar-refractivity contribution in [3.05, 3.63) is 0 Å². The second kappa shape index (κ2) is 8.29. The van der Waals surface area contributed by atoms with Gasteiger partial charge in [-0.3, -0.25) is 14.5 Å². The number of carbonyl (C=O) groups is 3. The van der Waals surface area contributed by atoms with Crippen molar-refractivity contribution >= 4 is 17.8 Å². The largest absolute Gasteiger partial charge is 0.382 e. The van der Waals surface area contributed by atoms with Gasteiger partial charge < -0.3 is 15.4 Å². The summed E-state index contributed by atoms with van der Waals surface area (Å²) < 4.78 is 4.97. The van der Waals surface area contributed by atoms with E-state index >= 15 is 0 Å². The van der Waals surface area contributed by atoms with Crippen molar-refractivity contribution in [3.63, 3.8) is 0 Å². The molecule has 1 saturated heterocycles. The molecule has 1 heterocycles. The number of nitrogens with zero attached hydrogens (tertiary/aromatic N) is 1. The highest BCUT2D eigenvalue weighted by Crippen LogP contribution is 2.17. The molecule has 4 amide bonds. The Morgan fingerprint density at radius 3 is 2.52 bits per heavy atom. The van der Waals surface area contributed by atoms with Gasteiger partial charge in [-0.25, -0.2) is 4.79 Å². The lowest BCUT2D eigenvalue weighted by atomic mass is 10.0. The summed E-state index contributed by atoms with van der Waals surface area (Å²) in [7, 11) is 1.46. The first-order valence-corrected chi connectivity index (χ1v) is 8.12. The van der Waals surface area contributed by atoms with Crippen LogP contribution in [0.25, 0.3) is 0 Å². The molecule has 1 aliphatic heterocycles. The third-order valence-electron chi connectivity index (χ3n) is 3.91. The van der Waals surface area contributed by atoms with Crippen LogP contribution < -0.4 is 10.6 Å². The normalized spacial score (nSPS) is 22.4. The fraction of sp³-hybridized carbons (Fsp3) is 0.812. The quantitative estimate of drug-likeness (QED) is 0.624. The molecule has 1 aliphatic rings. The van der Waals surface area contributed by atoms with Crippen LogP contribution in [0.3, 0.4) is 0 Å². The average Bonchev–Trinajstić information content (AvgIpc) is 2.62. The summed E-state index contributed by atoms with van der Waals surface area (Å²) in [5, 5.41) is 5.41. The van der Waals surface area contributed by atoms with E-state index in [1.54, 1.807) is 6.92 Å². The van der Waals surface area contributed by atoms with Gasteiger partial charge in [-0.2, -0.15) is 0 Å². The predicted molar refractivity (Wildman–Crippen MR) is 86.8 cm³/mol. The summed E-state index contributed by atoms with van der Waals surface area (Å²) >= 11 is 0. The van der Waals surface area contributed by atoms with E-state index < -0.39 is 17.5 Å². The molecule has 0 bridgehead atoms. The van der Waals surface area contributed by atoms with Crippen LogP contribution in [-0.2, 0) is 14.3 Å². The maximum Gasteiger partial charge on any atom is 0.325 e. The molecule has 0 radical (unpaired) electrons. The molecule has 2 atom stereocenters. The van der Waals surface area contributed by atoms with Gasteiger partial charge >= 0.3 is 6.03 Å². The zero-order valence-corrected chi connectivity index (χ0v) is 14.8. The summed E-state index contributed by atoms with van der Waals surface area (Å²) in [4.78, 5) is 37.2. The van der Waals surface area contributed by atoms with Crippen LogP contribution in [-0.4, -0.2) is 54.6 Å². The van der Waals surface area contributed by atoms with E-state index in [-0.39, 0.29) is 25.1 Å². The Morgan fingerprint density at radius 2 is 1.96 bits per heavy atom. The standard InChI is InChI=1S/C16H29N3O4/c1-11(2)7-6-8-12(3)17-13(20)9-19-14(21)16(4,10-23-5)18-15(19)22/h11-12H,6-10H2,1-5H3,(H,17,20)(H,18,22)/t12-,16-/m1/s1. The Kier molecular flexibility index (Phi) is 7.00. The van der Waals surface area contributed by atoms with E-state index in [2.05, 4.69) is 24.5 Å². The Labute approximate surface area is 138 Å². The Hall–Kier alpha value is -1.63. The number of ether oxygens (including phenoxy) is 1. The van der Waals surface area contributed by atoms with Crippen LogP contribution >= 0.6 is 0 Å². The number of urea groups is 1. The molecule has 23 heavy (non-hydrogen) atoms. The number of rotatable bonds is 9. The first-order valence-electron chi connectivity index (χ1n) is 8.12. The van der Waals surface area contributed by atoms with Gasteiger partial charge in [0.2, 0.25) is 5.91 Å². The van der Waals surface area contributed by atoms with E-state index in [0.29, 0.717) is 5.92 Å². The van der Waals surface area contributed by atoms with Crippen molar-refractivity contribution in [2.45, 2.75) is 58.5 Å². The molecule has 7 heteroatoms. The summed E-state index contributed by atoms with van der Waals surface area (Å²) in [6.07, 6.45) is 3.03. The molecule has 0 aromatic rings. The van der Waals surface area contributed by atoms with Crippen molar-refractivity contribution in [1.29, 1.82) is 0 Å². The fourth-order valence-electron chi connectivity index (χ4n) is 2.65. The minimum atomic E-state index is -1.10. The van der Waals surface area contributed by atoms with Gasteiger partial charge in [-0.05, 0) is 26.2 Å². The fourth-order valence-corrected chi connectivity index (χ4v) is 2.65. The van der Waals surface area contributed by atoms with Crippen molar-refractivity contribution in [2.24, 2.45) is 5.92 Å². The van der Waals surface area contributed by atoms with Crippen molar-refractivity contribution in [1.82, 2.24) is 15.5 Å². The Morgan fingerprint density at radius 1 is 1.30 bits per heavy atom. The SMILES string of the molecule is COC[C@@]1(C)NC(=O)N(CC(=O)N[C@H](C)CCCC(C)C)C1=O. The summed E-state index contributed by atoms with van der Waals surface area (Å²) in [5.74, 6) is -0.124.